The van der Waals surface area contributed by atoms with Crippen LogP contribution in [0, 0.1) is 0 Å². The summed E-state index contributed by atoms with van der Waals surface area (Å²) in [5.41, 5.74) is -1.14. The van der Waals surface area contributed by atoms with Gasteiger partial charge in [0, 0.05) is 14.2 Å². The van der Waals surface area contributed by atoms with Gasteiger partial charge < -0.3 is 9.47 Å². The number of hydrogen-bond acceptors (Lipinski definition) is 3. The molecule has 0 bridgehead atoms. The first-order chi connectivity index (χ1) is 9.12. The van der Waals surface area contributed by atoms with Gasteiger partial charge in [-0.3, -0.25) is 9.80 Å². The average molecular weight is 775 g/mol. The molecule has 0 aromatic heterocycles. The lowest BCUT2D eigenvalue weighted by molar-refractivity contribution is 0.126. The summed E-state index contributed by atoms with van der Waals surface area (Å²) in [7, 11) is 3.10. The fraction of sp³-hybridized carbons (Fsp3) is 0.889. The third-order valence-electron chi connectivity index (χ3n) is 2.55. The van der Waals surface area contributed by atoms with Crippen molar-refractivity contribution in [2.24, 2.45) is 0 Å². The van der Waals surface area contributed by atoms with E-state index in [0.717, 1.165) is 0 Å². The van der Waals surface area contributed by atoms with E-state index in [0.29, 0.717) is 0 Å². The van der Waals surface area contributed by atoms with E-state index >= 15 is 0 Å². The van der Waals surface area contributed by atoms with E-state index in [2.05, 4.69) is 90.4 Å². The predicted octanol–water partition coefficient (Wildman–Crippen LogP) is 4.19. The van der Waals surface area contributed by atoms with E-state index in [1.807, 2.05) is 0 Å². The van der Waals surface area contributed by atoms with Crippen LogP contribution in [0.25, 0.3) is 0 Å². The molecule has 11 heteroatoms. The molecular formula is C9H12Cl2I4N2O3. The van der Waals surface area contributed by atoms with E-state index in [9.17, 15) is 4.79 Å². The number of methoxy groups -OCH3 is 2. The average Bonchev–Trinajstić information content (AvgIpc) is 2.42. The quantitative estimate of drug-likeness (QED) is 0.231. The molecule has 0 spiro atoms. The van der Waals surface area contributed by atoms with Gasteiger partial charge in [0.15, 0.2) is 3.10 Å². The van der Waals surface area contributed by atoms with Gasteiger partial charge in [-0.1, -0.05) is 23.2 Å². The van der Waals surface area contributed by atoms with Gasteiger partial charge in [-0.25, -0.2) is 4.79 Å². The van der Waals surface area contributed by atoms with E-state index in [1.165, 1.54) is 0 Å². The highest BCUT2D eigenvalue weighted by Gasteiger charge is 2.66. The second-order valence-corrected chi connectivity index (χ2v) is 15.3. The number of amides is 2. The summed E-state index contributed by atoms with van der Waals surface area (Å²) < 4.78 is 8.96. The molecule has 0 saturated carbocycles. The van der Waals surface area contributed by atoms with Crippen LogP contribution in [0.15, 0.2) is 0 Å². The van der Waals surface area contributed by atoms with Crippen LogP contribution in [0.5, 0.6) is 0 Å². The lowest BCUT2D eigenvalue weighted by Gasteiger charge is -2.37. The number of alkyl halides is 6. The zero-order valence-electron chi connectivity index (χ0n) is 10.5. The first kappa shape index (κ1) is 20.7. The highest BCUT2D eigenvalue weighted by molar-refractivity contribution is 14.2. The number of carbonyl (C=O) groups excluding carboxylic acids is 1. The van der Waals surface area contributed by atoms with E-state index in [4.69, 9.17) is 32.7 Å². The van der Waals surface area contributed by atoms with E-state index < -0.39 is 14.1 Å². The SMILES string of the molecule is COCC(Cl)N1C(=O)N(C(Cl)COC)C(I)(I)C1(I)I. The molecule has 2 amide bonds. The minimum Gasteiger partial charge on any atom is -0.381 e. The fourth-order valence-corrected chi connectivity index (χ4v) is 6.24. The normalized spacial score (nSPS) is 24.1. The Morgan fingerprint density at radius 1 is 1.00 bits per heavy atom. The Kier molecular flexibility index (Phi) is 8.48. The van der Waals surface area contributed by atoms with E-state index in [1.54, 1.807) is 24.0 Å². The van der Waals surface area contributed by atoms with Crippen LogP contribution in [0.1, 0.15) is 0 Å². The summed E-state index contributed by atoms with van der Waals surface area (Å²) in [5, 5.41) is 0. The van der Waals surface area contributed by atoms with Crippen molar-refractivity contribution >= 4 is 120 Å². The molecule has 0 aromatic rings. The highest BCUT2D eigenvalue weighted by atomic mass is 127. The number of rotatable bonds is 6. The summed E-state index contributed by atoms with van der Waals surface area (Å²) in [5.74, 6) is 0. The summed E-state index contributed by atoms with van der Waals surface area (Å²) in [6, 6.07) is -0.230. The minimum absolute atomic E-state index is 0.230. The maximum absolute atomic E-state index is 12.7. The van der Waals surface area contributed by atoms with Crippen molar-refractivity contribution in [3.8, 4) is 0 Å². The first-order valence-electron chi connectivity index (χ1n) is 5.27. The summed E-state index contributed by atoms with van der Waals surface area (Å²) in [4.78, 5) is 15.9. The van der Waals surface area contributed by atoms with Crippen molar-refractivity contribution in [2.75, 3.05) is 27.4 Å². The molecule has 118 valence electrons. The molecule has 1 rings (SSSR count). The van der Waals surface area contributed by atoms with Gasteiger partial charge in [-0.15, -0.1) is 0 Å². The Bertz CT molecular complexity index is 343. The molecule has 1 aliphatic heterocycles. The molecule has 0 aliphatic carbocycles. The van der Waals surface area contributed by atoms with Gasteiger partial charge in [0.2, 0.25) is 0 Å². The highest BCUT2D eigenvalue weighted by Crippen LogP contribution is 2.60. The fourth-order valence-electron chi connectivity index (χ4n) is 1.66. The standard InChI is InChI=1S/C9H12Cl2I4N2O3/c1-19-3-5(10)16-7(18)17(6(11)4-20-2)9(14,15)8(16,12)13/h5-6H,3-4H2,1-2H3. The number of hydrogen-bond donors (Lipinski definition) is 0. The zero-order valence-corrected chi connectivity index (χ0v) is 20.6. The van der Waals surface area contributed by atoms with Crippen molar-refractivity contribution in [2.45, 2.75) is 14.1 Å². The van der Waals surface area contributed by atoms with Gasteiger partial charge in [0.1, 0.15) is 11.0 Å². The topological polar surface area (TPSA) is 42.0 Å². The largest absolute Gasteiger partial charge is 0.381 e. The van der Waals surface area contributed by atoms with Crippen LogP contribution in [-0.4, -0.2) is 57.4 Å². The minimum atomic E-state index is -0.577. The van der Waals surface area contributed by atoms with Crippen LogP contribution in [0.3, 0.4) is 0 Å². The number of nitrogens with zero attached hydrogens (tertiary/aromatic N) is 2. The molecule has 2 atom stereocenters. The predicted molar refractivity (Wildman–Crippen MR) is 114 cm³/mol. The Labute approximate surface area is 182 Å². The van der Waals surface area contributed by atoms with Crippen molar-refractivity contribution in [3.63, 3.8) is 0 Å². The smallest absolute Gasteiger partial charge is 0.326 e. The molecule has 1 aliphatic rings. The third-order valence-corrected chi connectivity index (χ3v) is 12.5. The molecule has 1 saturated heterocycles. The number of urea groups is 1. The summed E-state index contributed by atoms with van der Waals surface area (Å²) in [6.45, 7) is 0.491. The Hall–Kier alpha value is 2.69. The summed E-state index contributed by atoms with van der Waals surface area (Å²) >= 11 is 21.5. The third kappa shape index (κ3) is 3.84. The van der Waals surface area contributed by atoms with Crippen LogP contribution >= 0.6 is 114 Å². The number of ether oxygens (including phenoxy) is 2. The van der Waals surface area contributed by atoms with Gasteiger partial charge in [0.25, 0.3) is 0 Å². The summed E-state index contributed by atoms with van der Waals surface area (Å²) in [6.07, 6.45) is 0. The lowest BCUT2D eigenvalue weighted by atomic mass is 10.5. The van der Waals surface area contributed by atoms with Crippen molar-refractivity contribution in [3.05, 3.63) is 0 Å². The van der Waals surface area contributed by atoms with Gasteiger partial charge >= 0.3 is 6.03 Å². The second kappa shape index (κ2) is 8.18. The Morgan fingerprint density at radius 2 is 1.30 bits per heavy atom. The first-order valence-corrected chi connectivity index (χ1v) is 10.5. The zero-order chi connectivity index (χ0) is 15.7. The van der Waals surface area contributed by atoms with Crippen LogP contribution in [0.2, 0.25) is 0 Å². The van der Waals surface area contributed by atoms with Gasteiger partial charge in [-0.05, 0) is 90.4 Å². The number of carbonyl (C=O) groups is 1. The second-order valence-electron chi connectivity index (χ2n) is 3.88. The molecule has 0 radical (unpaired) electrons. The van der Waals surface area contributed by atoms with E-state index in [-0.39, 0.29) is 19.2 Å². The van der Waals surface area contributed by atoms with Gasteiger partial charge in [0.05, 0.1) is 13.2 Å². The van der Waals surface area contributed by atoms with Crippen LogP contribution < -0.4 is 0 Å². The molecule has 0 N–H and O–H groups in total. The van der Waals surface area contributed by atoms with Crippen molar-refractivity contribution in [1.82, 2.24) is 9.80 Å². The monoisotopic (exact) mass is 774 g/mol. The maximum Gasteiger partial charge on any atom is 0.326 e. The van der Waals surface area contributed by atoms with Crippen molar-refractivity contribution in [1.29, 1.82) is 0 Å². The lowest BCUT2D eigenvalue weighted by Crippen LogP contribution is -2.48. The molecule has 1 fully saturated rings. The molecule has 2 unspecified atom stereocenters. The molecule has 5 nitrogen and oxygen atoms in total. The molecule has 20 heavy (non-hydrogen) atoms. The number of halogens is 6. The Balaban J connectivity index is 3.15. The molecule has 0 aromatic carbocycles. The van der Waals surface area contributed by atoms with Gasteiger partial charge in [-0.2, -0.15) is 0 Å². The molecule has 1 heterocycles. The van der Waals surface area contributed by atoms with Crippen LogP contribution in [0.4, 0.5) is 4.79 Å². The van der Waals surface area contributed by atoms with Crippen LogP contribution in [-0.2, 0) is 9.47 Å². The van der Waals surface area contributed by atoms with Crippen molar-refractivity contribution < 1.29 is 14.3 Å². The molecular weight excluding hydrogens is 763 g/mol. The maximum atomic E-state index is 12.7. The Morgan fingerprint density at radius 3 is 1.55 bits per heavy atom.